The summed E-state index contributed by atoms with van der Waals surface area (Å²) in [4.78, 5) is 0. The van der Waals surface area contributed by atoms with Gasteiger partial charge in [-0.2, -0.15) is 0 Å². The van der Waals surface area contributed by atoms with E-state index in [1.807, 2.05) is 0 Å². The fourth-order valence-corrected chi connectivity index (χ4v) is 5.16. The Balaban J connectivity index is 1.23. The largest absolute Gasteiger partial charge is 0.309 e. The summed E-state index contributed by atoms with van der Waals surface area (Å²) < 4.78 is 2.38. The molecule has 3 heteroatoms. The maximum absolute atomic E-state index is 3.47. The minimum Gasteiger partial charge on any atom is -0.309 e. The Morgan fingerprint density at radius 1 is 0.571 bits per heavy atom. The summed E-state index contributed by atoms with van der Waals surface area (Å²) in [5.74, 6) is 0. The van der Waals surface area contributed by atoms with Crippen LogP contribution in [-0.2, 0) is 6.54 Å². The van der Waals surface area contributed by atoms with Gasteiger partial charge >= 0.3 is 0 Å². The minimum absolute atomic E-state index is 0.312. The normalized spacial score (nSPS) is 17.1. The molecule has 7 rings (SSSR count). The molecule has 0 saturated carbocycles. The van der Waals surface area contributed by atoms with Gasteiger partial charge in [-0.3, -0.25) is 0 Å². The second-order valence-corrected chi connectivity index (χ2v) is 9.19. The zero-order chi connectivity index (χ0) is 23.2. The topological polar surface area (TPSA) is 29.9 Å². The average molecular weight is 452 g/mol. The standard InChI is InChI=1S/C32H25N3/c1-3-9-24(10-4-1)26-17-20-31-29(21-26)28-13-7-8-14-30(28)35(31)27-18-15-23(16-19-27)22-34-32(33-34)25-11-5-2-6-12-25/h1-21,32-33H,22H2/t32?,34-/m0/s1. The van der Waals surface area contributed by atoms with E-state index in [2.05, 4.69) is 142 Å². The van der Waals surface area contributed by atoms with Gasteiger partial charge in [0.25, 0.3) is 0 Å². The summed E-state index contributed by atoms with van der Waals surface area (Å²) in [6, 6.07) is 45.7. The molecule has 5 aromatic carbocycles. The average Bonchev–Trinajstić information content (AvgIpc) is 3.62. The molecule has 1 unspecified atom stereocenters. The number of hydrazine groups is 1. The second kappa shape index (κ2) is 8.24. The highest BCUT2D eigenvalue weighted by Gasteiger charge is 2.34. The predicted molar refractivity (Wildman–Crippen MR) is 144 cm³/mol. The van der Waals surface area contributed by atoms with Crippen molar-refractivity contribution in [3.8, 4) is 16.8 Å². The summed E-state index contributed by atoms with van der Waals surface area (Å²) in [5.41, 5.74) is 12.2. The molecule has 6 aromatic rings. The molecule has 1 aromatic heterocycles. The molecule has 1 N–H and O–H groups in total. The van der Waals surface area contributed by atoms with E-state index in [9.17, 15) is 0 Å². The lowest BCUT2D eigenvalue weighted by Gasteiger charge is -2.10. The van der Waals surface area contributed by atoms with Crippen LogP contribution >= 0.6 is 0 Å². The second-order valence-electron chi connectivity index (χ2n) is 9.19. The lowest BCUT2D eigenvalue weighted by Crippen LogP contribution is -2.01. The first-order valence-corrected chi connectivity index (χ1v) is 12.1. The summed E-state index contributed by atoms with van der Waals surface area (Å²) in [6.45, 7) is 0.882. The van der Waals surface area contributed by atoms with E-state index in [1.54, 1.807) is 0 Å². The maximum atomic E-state index is 3.47. The van der Waals surface area contributed by atoms with Gasteiger partial charge in [-0.05, 0) is 52.6 Å². The fraction of sp³-hybridized carbons (Fsp3) is 0.0625. The minimum atomic E-state index is 0.312. The van der Waals surface area contributed by atoms with E-state index in [-0.39, 0.29) is 0 Å². The van der Waals surface area contributed by atoms with E-state index in [4.69, 9.17) is 0 Å². The Morgan fingerprint density at radius 2 is 1.26 bits per heavy atom. The third-order valence-electron chi connectivity index (χ3n) is 6.97. The number of nitrogens with one attached hydrogen (secondary N) is 1. The molecule has 3 nitrogen and oxygen atoms in total. The summed E-state index contributed by atoms with van der Waals surface area (Å²) in [5, 5.41) is 4.84. The number of benzene rings is 5. The smallest absolute Gasteiger partial charge is 0.112 e. The first-order valence-electron chi connectivity index (χ1n) is 12.1. The first-order chi connectivity index (χ1) is 17.3. The molecular formula is C32H25N3. The third kappa shape index (κ3) is 3.62. The third-order valence-corrected chi connectivity index (χ3v) is 6.97. The van der Waals surface area contributed by atoms with E-state index >= 15 is 0 Å². The number of para-hydroxylation sites is 1. The number of hydrogen-bond donors (Lipinski definition) is 1. The highest BCUT2D eigenvalue weighted by molar-refractivity contribution is 6.10. The quantitative estimate of drug-likeness (QED) is 0.276. The van der Waals surface area contributed by atoms with Gasteiger partial charge in [0.15, 0.2) is 0 Å². The van der Waals surface area contributed by atoms with E-state index < -0.39 is 0 Å². The molecule has 2 atom stereocenters. The monoisotopic (exact) mass is 451 g/mol. The number of fused-ring (bicyclic) bond motifs is 3. The van der Waals surface area contributed by atoms with Crippen molar-refractivity contribution in [2.24, 2.45) is 0 Å². The Bertz CT molecular complexity index is 1630. The van der Waals surface area contributed by atoms with Crippen molar-refractivity contribution in [2.75, 3.05) is 0 Å². The van der Waals surface area contributed by atoms with Gasteiger partial charge in [0.05, 0.1) is 11.0 Å². The zero-order valence-electron chi connectivity index (χ0n) is 19.3. The molecule has 0 radical (unpaired) electrons. The molecule has 168 valence electrons. The SMILES string of the molecule is c1ccc(-c2ccc3c(c2)c2ccccc2n3-c2ccc(C[N@]3NC3c3ccccc3)cc2)cc1. The fourth-order valence-electron chi connectivity index (χ4n) is 5.16. The molecule has 1 fully saturated rings. The van der Waals surface area contributed by atoms with Crippen LogP contribution in [0, 0.1) is 0 Å². The van der Waals surface area contributed by atoms with Crippen molar-refractivity contribution >= 4 is 21.8 Å². The first kappa shape index (κ1) is 20.2. The van der Waals surface area contributed by atoms with Crippen molar-refractivity contribution < 1.29 is 0 Å². The highest BCUT2D eigenvalue weighted by atomic mass is 15.7. The van der Waals surface area contributed by atoms with Gasteiger partial charge in [-0.15, -0.1) is 0 Å². The molecule has 35 heavy (non-hydrogen) atoms. The van der Waals surface area contributed by atoms with Crippen molar-refractivity contribution in [3.63, 3.8) is 0 Å². The number of rotatable bonds is 5. The maximum Gasteiger partial charge on any atom is 0.112 e. The molecule has 1 aliphatic rings. The number of hydrogen-bond acceptors (Lipinski definition) is 2. The van der Waals surface area contributed by atoms with Crippen LogP contribution in [0.25, 0.3) is 38.6 Å². The van der Waals surface area contributed by atoms with Gasteiger partial charge in [0.1, 0.15) is 6.17 Å². The highest BCUT2D eigenvalue weighted by Crippen LogP contribution is 2.35. The summed E-state index contributed by atoms with van der Waals surface area (Å²) in [7, 11) is 0. The molecule has 1 aliphatic heterocycles. The number of nitrogens with zero attached hydrogens (tertiary/aromatic N) is 2. The molecule has 1 saturated heterocycles. The molecule has 0 amide bonds. The van der Waals surface area contributed by atoms with Crippen molar-refractivity contribution in [1.29, 1.82) is 0 Å². The molecule has 0 bridgehead atoms. The molecular weight excluding hydrogens is 426 g/mol. The summed E-state index contributed by atoms with van der Waals surface area (Å²) >= 11 is 0. The van der Waals surface area contributed by atoms with Crippen molar-refractivity contribution in [1.82, 2.24) is 15.0 Å². The van der Waals surface area contributed by atoms with Crippen LogP contribution in [0.15, 0.2) is 127 Å². The Hall–Kier alpha value is -4.18. The zero-order valence-corrected chi connectivity index (χ0v) is 19.3. The van der Waals surface area contributed by atoms with E-state index in [1.165, 1.54) is 49.7 Å². The molecule has 0 aliphatic carbocycles. The van der Waals surface area contributed by atoms with Crippen molar-refractivity contribution in [2.45, 2.75) is 12.7 Å². The Morgan fingerprint density at radius 3 is 2.06 bits per heavy atom. The van der Waals surface area contributed by atoms with Crippen LogP contribution < -0.4 is 5.43 Å². The van der Waals surface area contributed by atoms with E-state index in [0.717, 1.165) is 6.54 Å². The van der Waals surface area contributed by atoms with Gasteiger partial charge in [-0.1, -0.05) is 97.1 Å². The van der Waals surface area contributed by atoms with Gasteiger partial charge < -0.3 is 4.57 Å². The van der Waals surface area contributed by atoms with Crippen LogP contribution in [-0.4, -0.2) is 9.58 Å². The van der Waals surface area contributed by atoms with Crippen LogP contribution in [0.3, 0.4) is 0 Å². The number of aromatic nitrogens is 1. The van der Waals surface area contributed by atoms with Crippen molar-refractivity contribution in [3.05, 3.63) is 139 Å². The van der Waals surface area contributed by atoms with Crippen LogP contribution in [0.4, 0.5) is 0 Å². The lowest BCUT2D eigenvalue weighted by molar-refractivity contribution is 0.479. The van der Waals surface area contributed by atoms with Crippen LogP contribution in [0.5, 0.6) is 0 Å². The lowest BCUT2D eigenvalue weighted by atomic mass is 10.0. The molecule has 2 heterocycles. The van der Waals surface area contributed by atoms with Gasteiger partial charge in [0.2, 0.25) is 0 Å². The van der Waals surface area contributed by atoms with E-state index in [0.29, 0.717) is 6.17 Å². The Kier molecular flexibility index (Phi) is 4.76. The van der Waals surface area contributed by atoms with Gasteiger partial charge in [-0.25, -0.2) is 10.4 Å². The Labute approximate surface area is 204 Å². The predicted octanol–water partition coefficient (Wildman–Crippen LogP) is 7.47. The van der Waals surface area contributed by atoms with Crippen LogP contribution in [0.1, 0.15) is 17.3 Å². The van der Waals surface area contributed by atoms with Crippen LogP contribution in [0.2, 0.25) is 0 Å². The summed E-state index contributed by atoms with van der Waals surface area (Å²) in [6.07, 6.45) is 0.312. The molecule has 0 spiro atoms. The van der Waals surface area contributed by atoms with Gasteiger partial charge in [0, 0.05) is 23.0 Å².